The summed E-state index contributed by atoms with van der Waals surface area (Å²) in [6, 6.07) is 25.5. The lowest BCUT2D eigenvalue weighted by molar-refractivity contribution is -0.118. The first kappa shape index (κ1) is 21.4. The van der Waals surface area contributed by atoms with E-state index in [4.69, 9.17) is 9.47 Å². The maximum atomic E-state index is 12.2. The highest BCUT2D eigenvalue weighted by molar-refractivity contribution is 5.92. The molecular formula is C26H29NO3. The number of amides is 1. The van der Waals surface area contributed by atoms with Gasteiger partial charge in [-0.15, -0.1) is 0 Å². The molecule has 0 fully saturated rings. The van der Waals surface area contributed by atoms with Crippen LogP contribution in [0.2, 0.25) is 0 Å². The van der Waals surface area contributed by atoms with Gasteiger partial charge >= 0.3 is 0 Å². The molecule has 0 bridgehead atoms. The normalized spacial score (nSPS) is 11.0. The fourth-order valence-corrected chi connectivity index (χ4v) is 2.99. The zero-order valence-electron chi connectivity index (χ0n) is 17.9. The number of hydrogen-bond acceptors (Lipinski definition) is 3. The summed E-state index contributed by atoms with van der Waals surface area (Å²) in [6.07, 6.45) is 0.833. The van der Waals surface area contributed by atoms with Crippen LogP contribution in [0.25, 0.3) is 0 Å². The highest BCUT2D eigenvalue weighted by atomic mass is 16.5. The molecule has 0 aliphatic heterocycles. The Balaban J connectivity index is 1.46. The summed E-state index contributed by atoms with van der Waals surface area (Å²) in [4.78, 5) is 12.2. The molecule has 0 atom stereocenters. The Morgan fingerprint density at radius 3 is 2.27 bits per heavy atom. The topological polar surface area (TPSA) is 47.6 Å². The van der Waals surface area contributed by atoms with E-state index in [9.17, 15) is 4.79 Å². The van der Waals surface area contributed by atoms with Crippen LogP contribution >= 0.6 is 0 Å². The van der Waals surface area contributed by atoms with Crippen LogP contribution in [0.5, 0.6) is 11.5 Å². The second kappa shape index (κ2) is 9.97. The molecule has 3 aromatic carbocycles. The highest BCUT2D eigenvalue weighted by Crippen LogP contribution is 2.24. The number of benzene rings is 3. The third-order valence-electron chi connectivity index (χ3n) is 4.71. The SMILES string of the molecule is CC(C)(C)c1ccc(OCC(=O)Nc2cccc(OCCc3ccccc3)c2)cc1. The molecule has 0 aliphatic rings. The smallest absolute Gasteiger partial charge is 0.262 e. The summed E-state index contributed by atoms with van der Waals surface area (Å²) in [5.41, 5.74) is 3.23. The van der Waals surface area contributed by atoms with Crippen LogP contribution in [0.15, 0.2) is 78.9 Å². The van der Waals surface area contributed by atoms with Gasteiger partial charge in [-0.3, -0.25) is 4.79 Å². The monoisotopic (exact) mass is 403 g/mol. The molecule has 0 aliphatic carbocycles. The molecule has 3 rings (SSSR count). The van der Waals surface area contributed by atoms with Gasteiger partial charge in [0.15, 0.2) is 6.61 Å². The lowest BCUT2D eigenvalue weighted by Crippen LogP contribution is -2.20. The van der Waals surface area contributed by atoms with Crippen LogP contribution in [0.3, 0.4) is 0 Å². The molecule has 1 N–H and O–H groups in total. The first-order valence-corrected chi connectivity index (χ1v) is 10.2. The minimum absolute atomic E-state index is 0.0477. The van der Waals surface area contributed by atoms with E-state index in [-0.39, 0.29) is 17.9 Å². The van der Waals surface area contributed by atoms with Gasteiger partial charge in [-0.05, 0) is 40.8 Å². The fraction of sp³-hybridized carbons (Fsp3) is 0.269. The second-order valence-corrected chi connectivity index (χ2v) is 8.22. The average molecular weight is 404 g/mol. The largest absolute Gasteiger partial charge is 0.493 e. The van der Waals surface area contributed by atoms with E-state index >= 15 is 0 Å². The van der Waals surface area contributed by atoms with E-state index in [1.54, 1.807) is 0 Å². The van der Waals surface area contributed by atoms with Crippen molar-refractivity contribution in [3.8, 4) is 11.5 Å². The van der Waals surface area contributed by atoms with Crippen molar-refractivity contribution in [1.82, 2.24) is 0 Å². The Kier molecular flexibility index (Phi) is 7.12. The van der Waals surface area contributed by atoms with Gasteiger partial charge in [-0.2, -0.15) is 0 Å². The predicted molar refractivity (Wildman–Crippen MR) is 121 cm³/mol. The molecule has 0 unspecified atom stereocenters. The number of nitrogens with one attached hydrogen (secondary N) is 1. The maximum absolute atomic E-state index is 12.2. The molecule has 0 radical (unpaired) electrons. The fourth-order valence-electron chi connectivity index (χ4n) is 2.99. The van der Waals surface area contributed by atoms with Gasteiger partial charge in [0.25, 0.3) is 5.91 Å². The third-order valence-corrected chi connectivity index (χ3v) is 4.71. The standard InChI is InChI=1S/C26H29NO3/c1-26(2,3)21-12-14-23(15-13-21)30-19-25(28)27-22-10-7-11-24(18-22)29-17-16-20-8-5-4-6-9-20/h4-15,18H,16-17,19H2,1-3H3,(H,27,28). The molecule has 3 aromatic rings. The predicted octanol–water partition coefficient (Wildman–Crippen LogP) is 5.62. The van der Waals surface area contributed by atoms with E-state index in [1.165, 1.54) is 11.1 Å². The van der Waals surface area contributed by atoms with Gasteiger partial charge in [0.1, 0.15) is 11.5 Å². The third kappa shape index (κ3) is 6.66. The molecule has 4 heteroatoms. The van der Waals surface area contributed by atoms with Gasteiger partial charge in [0.2, 0.25) is 0 Å². The Hall–Kier alpha value is -3.27. The molecule has 0 saturated heterocycles. The lowest BCUT2D eigenvalue weighted by Gasteiger charge is -2.19. The molecule has 0 aromatic heterocycles. The second-order valence-electron chi connectivity index (χ2n) is 8.22. The molecule has 156 valence electrons. The number of ether oxygens (including phenoxy) is 2. The van der Waals surface area contributed by atoms with Crippen molar-refractivity contribution in [3.63, 3.8) is 0 Å². The van der Waals surface area contributed by atoms with Crippen LogP contribution in [-0.4, -0.2) is 19.1 Å². The van der Waals surface area contributed by atoms with Crippen LogP contribution in [-0.2, 0) is 16.6 Å². The van der Waals surface area contributed by atoms with Gasteiger partial charge < -0.3 is 14.8 Å². The number of anilines is 1. The van der Waals surface area contributed by atoms with Crippen LogP contribution in [0.1, 0.15) is 31.9 Å². The molecule has 0 saturated carbocycles. The van der Waals surface area contributed by atoms with Crippen LogP contribution in [0, 0.1) is 0 Å². The number of rotatable bonds is 8. The van der Waals surface area contributed by atoms with E-state index in [0.717, 1.165) is 12.2 Å². The number of hydrogen-bond donors (Lipinski definition) is 1. The zero-order valence-corrected chi connectivity index (χ0v) is 17.9. The van der Waals surface area contributed by atoms with Crippen molar-refractivity contribution in [3.05, 3.63) is 90.0 Å². The Morgan fingerprint density at radius 1 is 0.833 bits per heavy atom. The van der Waals surface area contributed by atoms with Gasteiger partial charge in [0.05, 0.1) is 6.61 Å². The number of carbonyl (C=O) groups excluding carboxylic acids is 1. The van der Waals surface area contributed by atoms with Crippen LogP contribution in [0.4, 0.5) is 5.69 Å². The number of carbonyl (C=O) groups is 1. The van der Waals surface area contributed by atoms with E-state index in [1.807, 2.05) is 66.7 Å². The summed E-state index contributed by atoms with van der Waals surface area (Å²) in [6.45, 7) is 7.02. The van der Waals surface area contributed by atoms with Crippen molar-refractivity contribution >= 4 is 11.6 Å². The Morgan fingerprint density at radius 2 is 1.57 bits per heavy atom. The summed E-state index contributed by atoms with van der Waals surface area (Å²) >= 11 is 0. The maximum Gasteiger partial charge on any atom is 0.262 e. The van der Waals surface area contributed by atoms with Crippen molar-refractivity contribution in [2.75, 3.05) is 18.5 Å². The van der Waals surface area contributed by atoms with Crippen molar-refractivity contribution in [2.45, 2.75) is 32.6 Å². The lowest BCUT2D eigenvalue weighted by atomic mass is 9.87. The Bertz CT molecular complexity index is 944. The summed E-state index contributed by atoms with van der Waals surface area (Å²) in [5, 5.41) is 2.85. The van der Waals surface area contributed by atoms with Gasteiger partial charge in [-0.25, -0.2) is 0 Å². The zero-order chi connectivity index (χ0) is 21.4. The average Bonchev–Trinajstić information content (AvgIpc) is 2.73. The quantitative estimate of drug-likeness (QED) is 0.531. The van der Waals surface area contributed by atoms with Gasteiger partial charge in [-0.1, -0.05) is 69.3 Å². The van der Waals surface area contributed by atoms with E-state index < -0.39 is 0 Å². The van der Waals surface area contributed by atoms with Gasteiger partial charge in [0, 0.05) is 18.2 Å². The molecule has 0 spiro atoms. The molecule has 0 heterocycles. The Labute approximate surface area is 178 Å². The molecule has 30 heavy (non-hydrogen) atoms. The molecular weight excluding hydrogens is 374 g/mol. The summed E-state index contributed by atoms with van der Waals surface area (Å²) < 4.78 is 11.4. The molecule has 1 amide bonds. The first-order chi connectivity index (χ1) is 14.4. The first-order valence-electron chi connectivity index (χ1n) is 10.2. The van der Waals surface area contributed by atoms with Crippen molar-refractivity contribution < 1.29 is 14.3 Å². The summed E-state index contributed by atoms with van der Waals surface area (Å²) in [5.74, 6) is 1.19. The minimum atomic E-state index is -0.212. The minimum Gasteiger partial charge on any atom is -0.493 e. The molecule has 4 nitrogen and oxygen atoms in total. The van der Waals surface area contributed by atoms with E-state index in [0.29, 0.717) is 18.0 Å². The van der Waals surface area contributed by atoms with E-state index in [2.05, 4.69) is 38.2 Å². The van der Waals surface area contributed by atoms with Crippen molar-refractivity contribution in [2.24, 2.45) is 0 Å². The van der Waals surface area contributed by atoms with Crippen LogP contribution < -0.4 is 14.8 Å². The van der Waals surface area contributed by atoms with Crippen molar-refractivity contribution in [1.29, 1.82) is 0 Å². The summed E-state index contributed by atoms with van der Waals surface area (Å²) in [7, 11) is 0. The highest BCUT2D eigenvalue weighted by Gasteiger charge is 2.13.